The van der Waals surface area contributed by atoms with Crippen LogP contribution in [0.3, 0.4) is 0 Å². The first kappa shape index (κ1) is 18.0. The highest BCUT2D eigenvalue weighted by Gasteiger charge is 2.11. The van der Waals surface area contributed by atoms with Crippen LogP contribution in [0.4, 0.5) is 0 Å². The van der Waals surface area contributed by atoms with Gasteiger partial charge in [0.15, 0.2) is 11.5 Å². The molecule has 0 radical (unpaired) electrons. The van der Waals surface area contributed by atoms with Gasteiger partial charge in [-0.3, -0.25) is 4.98 Å². The summed E-state index contributed by atoms with van der Waals surface area (Å²) in [5, 5.41) is 3.46. The van der Waals surface area contributed by atoms with E-state index in [1.807, 2.05) is 36.4 Å². The Morgan fingerprint density at radius 2 is 1.65 bits per heavy atom. The number of aryl methyl sites for hydroxylation is 1. The standard InChI is InChI=1S/C22H24N2O2/c1-17-6-3-4-7-20(17)16-26-22-19(8-5-9-21(22)25-2)15-24-14-18-10-12-23-13-11-18/h3-13,24H,14-16H2,1-2H3. The Morgan fingerprint density at radius 1 is 0.885 bits per heavy atom. The van der Waals surface area contributed by atoms with E-state index in [-0.39, 0.29) is 0 Å². The lowest BCUT2D eigenvalue weighted by atomic mass is 10.1. The number of ether oxygens (including phenoxy) is 2. The van der Waals surface area contributed by atoms with E-state index < -0.39 is 0 Å². The number of aromatic nitrogens is 1. The first-order valence-corrected chi connectivity index (χ1v) is 8.70. The molecule has 2 aromatic carbocycles. The van der Waals surface area contributed by atoms with Gasteiger partial charge in [0, 0.05) is 31.0 Å². The van der Waals surface area contributed by atoms with Gasteiger partial charge in [0.25, 0.3) is 0 Å². The number of nitrogens with zero attached hydrogens (tertiary/aromatic N) is 1. The molecule has 3 rings (SSSR count). The molecule has 0 aliphatic carbocycles. The Labute approximate surface area is 154 Å². The van der Waals surface area contributed by atoms with Gasteiger partial charge in [0.1, 0.15) is 6.61 Å². The van der Waals surface area contributed by atoms with Gasteiger partial charge in [0.2, 0.25) is 0 Å². The third kappa shape index (κ3) is 4.61. The average Bonchev–Trinajstić information content (AvgIpc) is 2.68. The van der Waals surface area contributed by atoms with Crippen LogP contribution in [0.15, 0.2) is 67.0 Å². The molecular weight excluding hydrogens is 324 g/mol. The molecular formula is C22H24N2O2. The van der Waals surface area contributed by atoms with Crippen LogP contribution in [0, 0.1) is 6.92 Å². The van der Waals surface area contributed by atoms with Gasteiger partial charge in [-0.1, -0.05) is 36.4 Å². The average molecular weight is 348 g/mol. The minimum atomic E-state index is 0.518. The Hall–Kier alpha value is -2.85. The van der Waals surface area contributed by atoms with Crippen molar-refractivity contribution in [3.63, 3.8) is 0 Å². The molecule has 0 aliphatic heterocycles. The first-order valence-electron chi connectivity index (χ1n) is 8.70. The summed E-state index contributed by atoms with van der Waals surface area (Å²) in [4.78, 5) is 4.04. The number of benzene rings is 2. The van der Waals surface area contributed by atoms with Gasteiger partial charge >= 0.3 is 0 Å². The number of hydrogen-bond donors (Lipinski definition) is 1. The summed E-state index contributed by atoms with van der Waals surface area (Å²) in [7, 11) is 1.67. The van der Waals surface area contributed by atoms with Crippen molar-refractivity contribution >= 4 is 0 Å². The molecule has 0 fully saturated rings. The molecule has 1 heterocycles. The molecule has 134 valence electrons. The van der Waals surface area contributed by atoms with Crippen molar-refractivity contribution in [3.05, 3.63) is 89.2 Å². The zero-order valence-corrected chi connectivity index (χ0v) is 15.2. The minimum Gasteiger partial charge on any atom is -0.493 e. The van der Waals surface area contributed by atoms with Crippen molar-refractivity contribution in [1.82, 2.24) is 10.3 Å². The molecule has 1 aromatic heterocycles. The molecule has 0 saturated carbocycles. The minimum absolute atomic E-state index is 0.518. The van der Waals surface area contributed by atoms with E-state index in [1.165, 1.54) is 16.7 Å². The summed E-state index contributed by atoms with van der Waals surface area (Å²) in [6.45, 7) is 4.09. The second-order valence-electron chi connectivity index (χ2n) is 6.12. The van der Waals surface area contributed by atoms with Crippen molar-refractivity contribution < 1.29 is 9.47 Å². The predicted octanol–water partition coefficient (Wildman–Crippen LogP) is 4.27. The number of para-hydroxylation sites is 1. The first-order chi connectivity index (χ1) is 12.8. The van der Waals surface area contributed by atoms with E-state index in [2.05, 4.69) is 35.4 Å². The van der Waals surface area contributed by atoms with Crippen molar-refractivity contribution in [3.8, 4) is 11.5 Å². The summed E-state index contributed by atoms with van der Waals surface area (Å²) in [6, 6.07) is 18.3. The number of methoxy groups -OCH3 is 1. The quantitative estimate of drug-likeness (QED) is 0.660. The Morgan fingerprint density at radius 3 is 2.42 bits per heavy atom. The third-order valence-electron chi connectivity index (χ3n) is 4.31. The van der Waals surface area contributed by atoms with Crippen molar-refractivity contribution in [2.45, 2.75) is 26.6 Å². The van der Waals surface area contributed by atoms with Gasteiger partial charge in [-0.05, 0) is 41.8 Å². The molecule has 0 amide bonds. The molecule has 0 bridgehead atoms. The predicted molar refractivity (Wildman–Crippen MR) is 103 cm³/mol. The lowest BCUT2D eigenvalue weighted by Gasteiger charge is -2.16. The molecule has 0 aliphatic rings. The monoisotopic (exact) mass is 348 g/mol. The van der Waals surface area contributed by atoms with Crippen LogP contribution in [0.2, 0.25) is 0 Å². The van der Waals surface area contributed by atoms with E-state index in [9.17, 15) is 0 Å². The maximum atomic E-state index is 6.15. The zero-order chi connectivity index (χ0) is 18.2. The van der Waals surface area contributed by atoms with Crippen LogP contribution in [0.1, 0.15) is 22.3 Å². The molecule has 4 heteroatoms. The molecule has 1 N–H and O–H groups in total. The Balaban J connectivity index is 1.70. The second kappa shape index (κ2) is 9.02. The van der Waals surface area contributed by atoms with E-state index in [0.29, 0.717) is 13.2 Å². The number of hydrogen-bond acceptors (Lipinski definition) is 4. The number of pyridine rings is 1. The zero-order valence-electron chi connectivity index (χ0n) is 15.2. The molecule has 26 heavy (non-hydrogen) atoms. The van der Waals surface area contributed by atoms with Crippen LogP contribution < -0.4 is 14.8 Å². The van der Waals surface area contributed by atoms with Crippen LogP contribution in [-0.2, 0) is 19.7 Å². The lowest BCUT2D eigenvalue weighted by Crippen LogP contribution is -2.14. The fraction of sp³-hybridized carbons (Fsp3) is 0.227. The largest absolute Gasteiger partial charge is 0.493 e. The normalized spacial score (nSPS) is 10.5. The lowest BCUT2D eigenvalue weighted by molar-refractivity contribution is 0.280. The van der Waals surface area contributed by atoms with E-state index in [0.717, 1.165) is 23.6 Å². The van der Waals surface area contributed by atoms with Crippen LogP contribution in [0.5, 0.6) is 11.5 Å². The van der Waals surface area contributed by atoms with Gasteiger partial charge in [-0.2, -0.15) is 0 Å². The van der Waals surface area contributed by atoms with Gasteiger partial charge < -0.3 is 14.8 Å². The van der Waals surface area contributed by atoms with Crippen LogP contribution >= 0.6 is 0 Å². The number of nitrogens with one attached hydrogen (secondary N) is 1. The highest BCUT2D eigenvalue weighted by molar-refractivity contribution is 5.47. The van der Waals surface area contributed by atoms with E-state index in [4.69, 9.17) is 9.47 Å². The Bertz CT molecular complexity index is 835. The summed E-state index contributed by atoms with van der Waals surface area (Å²) >= 11 is 0. The SMILES string of the molecule is COc1cccc(CNCc2ccncc2)c1OCc1ccccc1C. The smallest absolute Gasteiger partial charge is 0.166 e. The van der Waals surface area contributed by atoms with Crippen LogP contribution in [0.25, 0.3) is 0 Å². The fourth-order valence-electron chi connectivity index (χ4n) is 2.79. The van der Waals surface area contributed by atoms with Crippen LogP contribution in [-0.4, -0.2) is 12.1 Å². The molecule has 4 nitrogen and oxygen atoms in total. The molecule has 0 spiro atoms. The molecule has 0 saturated heterocycles. The third-order valence-corrected chi connectivity index (χ3v) is 4.31. The highest BCUT2D eigenvalue weighted by Crippen LogP contribution is 2.32. The summed E-state index contributed by atoms with van der Waals surface area (Å²) < 4.78 is 11.7. The van der Waals surface area contributed by atoms with Crippen molar-refractivity contribution in [2.24, 2.45) is 0 Å². The second-order valence-corrected chi connectivity index (χ2v) is 6.12. The summed E-state index contributed by atoms with van der Waals surface area (Å²) in [5.41, 5.74) is 4.67. The maximum Gasteiger partial charge on any atom is 0.166 e. The molecule has 3 aromatic rings. The Kier molecular flexibility index (Phi) is 6.23. The summed E-state index contributed by atoms with van der Waals surface area (Å²) in [5.74, 6) is 1.54. The maximum absolute atomic E-state index is 6.15. The molecule has 0 atom stereocenters. The van der Waals surface area contributed by atoms with E-state index >= 15 is 0 Å². The summed E-state index contributed by atoms with van der Waals surface area (Å²) in [6.07, 6.45) is 3.61. The van der Waals surface area contributed by atoms with Crippen molar-refractivity contribution in [1.29, 1.82) is 0 Å². The fourth-order valence-corrected chi connectivity index (χ4v) is 2.79. The van der Waals surface area contributed by atoms with Gasteiger partial charge in [-0.15, -0.1) is 0 Å². The number of rotatable bonds is 8. The van der Waals surface area contributed by atoms with Gasteiger partial charge in [-0.25, -0.2) is 0 Å². The topological polar surface area (TPSA) is 43.4 Å². The highest BCUT2D eigenvalue weighted by atomic mass is 16.5. The van der Waals surface area contributed by atoms with Crippen molar-refractivity contribution in [2.75, 3.05) is 7.11 Å². The molecule has 0 unspecified atom stereocenters. The van der Waals surface area contributed by atoms with E-state index in [1.54, 1.807) is 19.5 Å². The van der Waals surface area contributed by atoms with Gasteiger partial charge in [0.05, 0.1) is 7.11 Å².